The predicted molar refractivity (Wildman–Crippen MR) is 66.6 cm³/mol. The Balaban J connectivity index is 1.92. The maximum absolute atomic E-state index is 12.3. The van der Waals surface area contributed by atoms with Crippen molar-refractivity contribution < 1.29 is 14.4 Å². The monoisotopic (exact) mass is 273 g/mol. The lowest BCUT2D eigenvalue weighted by Crippen LogP contribution is -2.36. The molecule has 20 heavy (non-hydrogen) atoms. The molecule has 0 unspecified atom stereocenters. The highest BCUT2D eigenvalue weighted by Crippen LogP contribution is 2.26. The van der Waals surface area contributed by atoms with Crippen LogP contribution in [0.25, 0.3) is 0 Å². The van der Waals surface area contributed by atoms with Crippen molar-refractivity contribution >= 4 is 23.3 Å². The number of imide groups is 1. The van der Waals surface area contributed by atoms with Gasteiger partial charge in [-0.2, -0.15) is 5.10 Å². The third kappa shape index (κ3) is 1.61. The fourth-order valence-corrected chi connectivity index (χ4v) is 2.39. The number of ketones is 1. The second kappa shape index (κ2) is 4.48. The lowest BCUT2D eigenvalue weighted by Gasteiger charge is -2.11. The van der Waals surface area contributed by atoms with Gasteiger partial charge in [0.15, 0.2) is 0 Å². The molecular formula is C12H11N5O3. The van der Waals surface area contributed by atoms with Crippen LogP contribution in [0.15, 0.2) is 23.7 Å². The van der Waals surface area contributed by atoms with Crippen LogP contribution >= 0.6 is 0 Å². The molecule has 3 rings (SSSR count). The highest BCUT2D eigenvalue weighted by atomic mass is 16.2. The van der Waals surface area contributed by atoms with Gasteiger partial charge in [0.1, 0.15) is 23.4 Å². The molecule has 3 heterocycles. The lowest BCUT2D eigenvalue weighted by molar-refractivity contribution is -0.139. The van der Waals surface area contributed by atoms with E-state index in [1.54, 1.807) is 6.92 Å². The van der Waals surface area contributed by atoms with E-state index in [-0.39, 0.29) is 23.9 Å². The number of likely N-dealkylation sites (N-methyl/N-ethyl adjacent to an activating group) is 1. The minimum Gasteiger partial charge on any atom is -0.296 e. The number of nitrogens with one attached hydrogen (secondary N) is 1. The van der Waals surface area contributed by atoms with Crippen LogP contribution in [-0.4, -0.2) is 50.8 Å². The fraction of sp³-hybridized carbons (Fsp3) is 0.333. The van der Waals surface area contributed by atoms with E-state index in [0.717, 1.165) is 4.90 Å². The second-order valence-corrected chi connectivity index (χ2v) is 4.42. The Bertz CT molecular complexity index is 627. The number of Topliss-reactive ketones (excluding diaryl/α,β-unsaturated/α-hetero) is 1. The van der Waals surface area contributed by atoms with Crippen molar-refractivity contribution in [3.63, 3.8) is 0 Å². The zero-order valence-electron chi connectivity index (χ0n) is 10.6. The summed E-state index contributed by atoms with van der Waals surface area (Å²) >= 11 is 0. The molecule has 1 aromatic heterocycles. The van der Waals surface area contributed by atoms with Gasteiger partial charge in [-0.3, -0.25) is 29.7 Å². The number of nitrogens with zero attached hydrogens (tertiary/aromatic N) is 4. The van der Waals surface area contributed by atoms with Gasteiger partial charge in [0.25, 0.3) is 5.91 Å². The molecule has 8 heteroatoms. The Hall–Kier alpha value is -2.64. The molecule has 8 nitrogen and oxygen atoms in total. The molecule has 0 aromatic carbocycles. The summed E-state index contributed by atoms with van der Waals surface area (Å²) in [4.78, 5) is 45.2. The van der Waals surface area contributed by atoms with Gasteiger partial charge in [-0.15, -0.1) is 0 Å². The van der Waals surface area contributed by atoms with Crippen LogP contribution in [0, 0.1) is 5.92 Å². The van der Waals surface area contributed by atoms with Crippen molar-refractivity contribution in [2.75, 3.05) is 6.54 Å². The number of hydrazone groups is 1. The van der Waals surface area contributed by atoms with Crippen LogP contribution in [0.1, 0.15) is 17.4 Å². The fourth-order valence-electron chi connectivity index (χ4n) is 2.39. The van der Waals surface area contributed by atoms with Gasteiger partial charge in [-0.05, 0) is 6.92 Å². The van der Waals surface area contributed by atoms with E-state index in [1.165, 1.54) is 18.6 Å². The summed E-state index contributed by atoms with van der Waals surface area (Å²) in [7, 11) is 0. The van der Waals surface area contributed by atoms with Crippen LogP contribution in [0.4, 0.5) is 0 Å². The highest BCUT2D eigenvalue weighted by molar-refractivity contribution is 6.50. The van der Waals surface area contributed by atoms with E-state index in [9.17, 15) is 14.4 Å². The zero-order valence-corrected chi connectivity index (χ0v) is 10.6. The van der Waals surface area contributed by atoms with E-state index >= 15 is 0 Å². The van der Waals surface area contributed by atoms with E-state index in [0.29, 0.717) is 0 Å². The molecule has 2 amide bonds. The molecule has 1 aromatic rings. The standard InChI is InChI=1S/C12H11N5O3/c1-2-17-11(19)7-8(15-16-9(7)12(17)20)10(18)6-5-13-3-4-14-6/h3-5,7,9,16H,2H2,1H3/t7-,9-/m1/s1. The molecule has 0 aliphatic carbocycles. The predicted octanol–water partition coefficient (Wildman–Crippen LogP) is -1.01. The average Bonchev–Trinajstić information content (AvgIpc) is 3.01. The summed E-state index contributed by atoms with van der Waals surface area (Å²) in [5.41, 5.74) is 2.69. The topological polar surface area (TPSA) is 105 Å². The molecule has 0 spiro atoms. The van der Waals surface area contributed by atoms with Gasteiger partial charge >= 0.3 is 0 Å². The van der Waals surface area contributed by atoms with Crippen molar-refractivity contribution in [1.82, 2.24) is 20.3 Å². The molecule has 1 saturated heterocycles. The Labute approximate surface area is 113 Å². The van der Waals surface area contributed by atoms with Crippen LogP contribution < -0.4 is 5.43 Å². The molecule has 2 aliphatic heterocycles. The third-order valence-corrected chi connectivity index (χ3v) is 3.36. The SMILES string of the molecule is CCN1C(=O)[C@@H]2C(C(=O)c3cnccn3)=NN[C@H]2C1=O. The van der Waals surface area contributed by atoms with Gasteiger partial charge in [0, 0.05) is 18.9 Å². The van der Waals surface area contributed by atoms with Gasteiger partial charge in [0.05, 0.1) is 6.20 Å². The van der Waals surface area contributed by atoms with E-state index in [2.05, 4.69) is 20.5 Å². The van der Waals surface area contributed by atoms with Crippen LogP contribution in [-0.2, 0) is 9.59 Å². The number of hydrogen-bond donors (Lipinski definition) is 1. The number of carbonyl (C=O) groups excluding carboxylic acids is 3. The van der Waals surface area contributed by atoms with E-state index < -0.39 is 23.7 Å². The third-order valence-electron chi connectivity index (χ3n) is 3.36. The van der Waals surface area contributed by atoms with Crippen molar-refractivity contribution in [2.24, 2.45) is 11.0 Å². The number of rotatable bonds is 3. The molecule has 0 bridgehead atoms. The molecule has 0 radical (unpaired) electrons. The number of likely N-dealkylation sites (tertiary alicyclic amines) is 1. The largest absolute Gasteiger partial charge is 0.296 e. The molecule has 0 saturated carbocycles. The van der Waals surface area contributed by atoms with Crippen molar-refractivity contribution in [3.05, 3.63) is 24.3 Å². The summed E-state index contributed by atoms with van der Waals surface area (Å²) in [6, 6.07) is -0.780. The maximum Gasteiger partial charge on any atom is 0.254 e. The minimum absolute atomic E-state index is 0.0183. The Morgan fingerprint density at radius 2 is 2.15 bits per heavy atom. The van der Waals surface area contributed by atoms with Gasteiger partial charge in [-0.1, -0.05) is 0 Å². The Morgan fingerprint density at radius 3 is 2.80 bits per heavy atom. The van der Waals surface area contributed by atoms with E-state index in [1.807, 2.05) is 0 Å². The van der Waals surface area contributed by atoms with Crippen molar-refractivity contribution in [1.29, 1.82) is 0 Å². The average molecular weight is 273 g/mol. The van der Waals surface area contributed by atoms with Crippen molar-refractivity contribution in [2.45, 2.75) is 13.0 Å². The van der Waals surface area contributed by atoms with Gasteiger partial charge < -0.3 is 0 Å². The first-order valence-corrected chi connectivity index (χ1v) is 6.14. The van der Waals surface area contributed by atoms with Gasteiger partial charge in [-0.25, -0.2) is 4.98 Å². The lowest BCUT2D eigenvalue weighted by atomic mass is 9.94. The normalized spacial score (nSPS) is 24.4. The van der Waals surface area contributed by atoms with Crippen LogP contribution in [0.2, 0.25) is 0 Å². The first-order chi connectivity index (χ1) is 9.65. The van der Waals surface area contributed by atoms with Crippen LogP contribution in [0.3, 0.4) is 0 Å². The molecule has 102 valence electrons. The first-order valence-electron chi connectivity index (χ1n) is 6.14. The summed E-state index contributed by atoms with van der Waals surface area (Å²) < 4.78 is 0. The second-order valence-electron chi connectivity index (χ2n) is 4.42. The Morgan fingerprint density at radius 1 is 1.35 bits per heavy atom. The number of amides is 2. The highest BCUT2D eigenvalue weighted by Gasteiger charge is 2.54. The zero-order chi connectivity index (χ0) is 14.3. The molecular weight excluding hydrogens is 262 g/mol. The number of aromatic nitrogens is 2. The van der Waals surface area contributed by atoms with Crippen molar-refractivity contribution in [3.8, 4) is 0 Å². The molecule has 1 N–H and O–H groups in total. The quantitative estimate of drug-likeness (QED) is 0.559. The summed E-state index contributed by atoms with van der Waals surface area (Å²) in [5.74, 6) is -2.11. The maximum atomic E-state index is 12.3. The van der Waals surface area contributed by atoms with Crippen LogP contribution in [0.5, 0.6) is 0 Å². The Kier molecular flexibility index (Phi) is 2.78. The molecule has 2 aliphatic rings. The summed E-state index contributed by atoms with van der Waals surface area (Å²) in [6.45, 7) is 1.98. The van der Waals surface area contributed by atoms with Gasteiger partial charge in [0.2, 0.25) is 11.7 Å². The molecule has 2 atom stereocenters. The smallest absolute Gasteiger partial charge is 0.254 e. The summed E-state index contributed by atoms with van der Waals surface area (Å²) in [6.07, 6.45) is 4.13. The number of carbonyl (C=O) groups is 3. The molecule has 1 fully saturated rings. The number of fused-ring (bicyclic) bond motifs is 1. The minimum atomic E-state index is -0.864. The summed E-state index contributed by atoms with van der Waals surface area (Å²) in [5, 5.41) is 3.85. The number of hydrogen-bond acceptors (Lipinski definition) is 7. The first kappa shape index (κ1) is 12.4. The van der Waals surface area contributed by atoms with E-state index in [4.69, 9.17) is 0 Å².